The summed E-state index contributed by atoms with van der Waals surface area (Å²) in [6.45, 7) is 83.1. The van der Waals surface area contributed by atoms with Crippen LogP contribution in [0, 0.1) is 84.7 Å². The molecule has 0 bridgehead atoms. The number of rotatable bonds is 4. The van der Waals surface area contributed by atoms with Crippen LogP contribution in [0.1, 0.15) is 249 Å². The summed E-state index contributed by atoms with van der Waals surface area (Å²) in [6.07, 6.45) is 15.0. The van der Waals surface area contributed by atoms with Crippen LogP contribution in [0.15, 0.2) is 29.9 Å². The van der Waals surface area contributed by atoms with Gasteiger partial charge in [-0.3, -0.25) is 0 Å². The molecule has 0 N–H and O–H groups in total. The molecule has 0 fully saturated rings. The summed E-state index contributed by atoms with van der Waals surface area (Å²) in [4.78, 5) is 4.58. The molecule has 0 heterocycles. The Balaban J connectivity index is -0.0000000404. The van der Waals surface area contributed by atoms with E-state index in [0.29, 0.717) is 32.5 Å². The third kappa shape index (κ3) is 180. The summed E-state index contributed by atoms with van der Waals surface area (Å²) in [5.74, 6) is 2.83. The van der Waals surface area contributed by atoms with E-state index < -0.39 is 0 Å². The minimum Gasteiger partial charge on any atom is 0 e. The Hall–Kier alpha value is 7.43. The molecule has 0 aliphatic heterocycles. The summed E-state index contributed by atoms with van der Waals surface area (Å²) in [5, 5.41) is 0. The monoisotopic (exact) mass is 3470 g/mol. The first-order valence-electron chi connectivity index (χ1n) is 24.8. The van der Waals surface area contributed by atoms with Gasteiger partial charge in [-0.05, 0) is 0 Å². The van der Waals surface area contributed by atoms with E-state index in [0.717, 1.165) is 19.4 Å². The van der Waals surface area contributed by atoms with E-state index in [1.807, 2.05) is 0 Å². The van der Waals surface area contributed by atoms with Crippen LogP contribution < -0.4 is 0 Å². The van der Waals surface area contributed by atoms with E-state index in [-0.39, 0.29) is 127 Å². The topological polar surface area (TPSA) is 0 Å². The van der Waals surface area contributed by atoms with E-state index in [1.54, 1.807) is 25.4 Å². The minimum atomic E-state index is 0. The van der Waals surface area contributed by atoms with Gasteiger partial charge in [0.25, 0.3) is 0 Å². The average molecular weight is 3470 g/mol. The maximum Gasteiger partial charge on any atom is 2.00 e. The quantitative estimate of drug-likeness (QED) is 0.194. The molecule has 0 aromatic heterocycles. The summed E-state index contributed by atoms with van der Waals surface area (Å²) in [6, 6.07) is 0. The predicted octanol–water partition coefficient (Wildman–Crippen LogP) is 18.0. The van der Waals surface area contributed by atoms with Crippen molar-refractivity contribution in [3.05, 3.63) is 60.4 Å². The molecule has 0 rings (SSSR count). The van der Waals surface area contributed by atoms with Crippen molar-refractivity contribution in [3.8, 4) is 0 Å². The average Bonchev–Trinajstić information content (AvgIpc) is 3.17. The third-order valence-corrected chi connectivity index (χ3v) is 22.4. The van der Waals surface area contributed by atoms with Gasteiger partial charge in [-0.2, -0.15) is 41.5 Å². The molecule has 0 aliphatic carbocycles. The Kier molecular flexibility index (Phi) is 110. The normalized spacial score (nSPS) is 11.0. The van der Waals surface area contributed by atoms with Crippen LogP contribution in [0.3, 0.4) is 0 Å². The fraction of sp³-hybridized carbons (Fsp3) is 0.708. The van der Waals surface area contributed by atoms with Gasteiger partial charge in [-0.15, -0.1) is 0 Å². The van der Waals surface area contributed by atoms with Gasteiger partial charge in [0.2, 0.25) is 0 Å². The van der Waals surface area contributed by atoms with Crippen molar-refractivity contribution < 1.29 is 280 Å². The molecule has 0 radical (unpaired) electrons. The summed E-state index contributed by atoms with van der Waals surface area (Å²) >= 11 is 12.8. The van der Waals surface area contributed by atoms with Crippen LogP contribution in [-0.2, 0) is 280 Å². The molecule has 0 nitrogen and oxygen atoms in total. The van der Waals surface area contributed by atoms with Gasteiger partial charge in [0.1, 0.15) is 0 Å². The number of allylic oxidation sites excluding steroid dienone is 7. The molecule has 0 saturated heterocycles. The van der Waals surface area contributed by atoms with Crippen LogP contribution >= 0.6 is 0 Å². The fourth-order valence-corrected chi connectivity index (χ4v) is 2.37. The molecular formula is C65H115W14-5. The van der Waals surface area contributed by atoms with E-state index >= 15 is 0 Å². The zero-order chi connectivity index (χ0) is 63.4. The molecule has 0 aliphatic rings. The molecule has 0 amide bonds. The Morgan fingerprint density at radius 1 is 0.354 bits per heavy atom. The van der Waals surface area contributed by atoms with Gasteiger partial charge in [0, 0.05) is 42.1 Å². The maximum absolute atomic E-state index is 5.32. The number of hydrogen-bond acceptors (Lipinski definition) is 0. The SMILES string of the molecule is CC(C)(C)[C-]=CC(=C[CH]=[W])C(C)(C)C.CC(C)(C)[C-]=C[C](=[W])C(C)(C)C.CC(C)(C)[C-]=[W].CC(C)(C)[C-]=[W].CC(C)(C)[C-]=[W].CC(C)(C)[C-]=[W].CC(C)(C)[C-]=[W].C[C-](C)C.C[C-](C)C.[CH-]=C[C](=[W])C(C)(C)C.[CH-]=[W].[W+2].[W+2].[W+2].[W].[W]. The molecule has 0 unspecified atom stereocenters. The third-order valence-electron chi connectivity index (χ3n) is 5.57. The second-order valence-electron chi connectivity index (χ2n) is 28.2. The minimum absolute atomic E-state index is 0. The van der Waals surface area contributed by atoms with Gasteiger partial charge in [-0.25, -0.2) is 0 Å². The molecular weight excluding hydrogens is 3350 g/mol. The molecule has 0 atom stereocenters. The van der Waals surface area contributed by atoms with Crippen LogP contribution in [0.2, 0.25) is 0 Å². The summed E-state index contributed by atoms with van der Waals surface area (Å²) in [5.41, 5.74) is 4.13. The molecule has 0 saturated carbocycles. The van der Waals surface area contributed by atoms with Gasteiger partial charge in [-0.1, -0.05) is 0 Å². The maximum atomic E-state index is 5.32. The van der Waals surface area contributed by atoms with Crippen LogP contribution in [0.5, 0.6) is 0 Å². The standard InChI is InChI=1S/C13H21.C11H19.C7H11.5C5H9.2C4H9.CH.14W/c1-8-11(13(5,6)7)9-10-12(2,3)4;1-10(2,3)8-7-9-11(4,5)6;1-5-6-7(2,3)4;5*1-5(2,3)4;2*1-4(2)3;;;;;;;;;;;;;;;/h1,8-9H,2-7H3;7H,1-6H3;1,5H,2-4H3;5*1-3H3;2*1-3H3;1H;;;;;;;;;;;;;;/q11*-1;;;;;;;;;;;;3*+2. The zero-order valence-corrected chi connectivity index (χ0v) is 97.8. The van der Waals surface area contributed by atoms with E-state index in [4.69, 9.17) is 6.58 Å². The molecule has 79 heavy (non-hydrogen) atoms. The second kappa shape index (κ2) is 68.3. The summed E-state index contributed by atoms with van der Waals surface area (Å²) < 4.78 is 20.9. The fourth-order valence-electron chi connectivity index (χ4n) is 1.63. The molecule has 0 aromatic rings. The van der Waals surface area contributed by atoms with Gasteiger partial charge >= 0.3 is 587 Å². The van der Waals surface area contributed by atoms with Crippen LogP contribution in [0.4, 0.5) is 0 Å². The van der Waals surface area contributed by atoms with Crippen molar-refractivity contribution >= 4 is 39.1 Å². The smallest absolute Gasteiger partial charge is 0 e. The van der Waals surface area contributed by atoms with Crippen molar-refractivity contribution in [2.24, 2.45) is 54.1 Å². The Bertz CT molecular complexity index is 1430. The van der Waals surface area contributed by atoms with Crippen LogP contribution in [-0.4, -0.2) is 39.1 Å². The van der Waals surface area contributed by atoms with Crippen molar-refractivity contribution in [1.29, 1.82) is 0 Å². The van der Waals surface area contributed by atoms with Gasteiger partial charge < -0.3 is 11.8 Å². The van der Waals surface area contributed by atoms with Gasteiger partial charge in [0.15, 0.2) is 0 Å². The van der Waals surface area contributed by atoms with E-state index in [9.17, 15) is 0 Å². The summed E-state index contributed by atoms with van der Waals surface area (Å²) in [7, 11) is 0. The number of hydrogen-bond donors (Lipinski definition) is 0. The first-order valence-corrected chi connectivity index (χ1v) is 38.5. The Morgan fingerprint density at radius 2 is 0.519 bits per heavy atom. The second-order valence-corrected chi connectivity index (χ2v) is 36.0. The largest absolute Gasteiger partial charge is 2.00 e. The van der Waals surface area contributed by atoms with Crippen molar-refractivity contribution in [3.63, 3.8) is 0 Å². The predicted molar refractivity (Wildman–Crippen MR) is 315 cm³/mol. The molecule has 464 valence electrons. The van der Waals surface area contributed by atoms with Crippen molar-refractivity contribution in [1.82, 2.24) is 0 Å². The van der Waals surface area contributed by atoms with E-state index in [2.05, 4.69) is 311 Å². The molecule has 0 spiro atoms. The van der Waals surface area contributed by atoms with Crippen molar-refractivity contribution in [2.75, 3.05) is 0 Å². The Morgan fingerprint density at radius 3 is 0.608 bits per heavy atom. The van der Waals surface area contributed by atoms with Crippen molar-refractivity contribution in [2.45, 2.75) is 249 Å². The van der Waals surface area contributed by atoms with E-state index in [1.165, 1.54) is 161 Å². The first kappa shape index (κ1) is 127. The molecule has 14 heteroatoms. The molecule has 0 aromatic carbocycles. The van der Waals surface area contributed by atoms with Gasteiger partial charge in [0.05, 0.1) is 0 Å². The Labute approximate surface area is 671 Å². The first-order chi connectivity index (χ1) is 32.0. The van der Waals surface area contributed by atoms with Crippen LogP contribution in [0.25, 0.3) is 0 Å². The zero-order valence-electron chi connectivity index (χ0n) is 56.8.